The Labute approximate surface area is 342 Å². The minimum Gasteiger partial charge on any atom is -0.387 e. The molecule has 1 aliphatic rings. The van der Waals surface area contributed by atoms with Crippen molar-refractivity contribution < 1.29 is 42.2 Å². The fraction of sp³-hybridized carbons (Fsp3) is 0.707. The van der Waals surface area contributed by atoms with Crippen molar-refractivity contribution in [2.45, 2.75) is 153 Å². The highest BCUT2D eigenvalue weighted by atomic mass is 31.2. The third-order valence-electron chi connectivity index (χ3n) is 10.5. The van der Waals surface area contributed by atoms with E-state index in [-0.39, 0.29) is 24.8 Å². The molecule has 0 aliphatic carbocycles. The summed E-state index contributed by atoms with van der Waals surface area (Å²) in [6.07, 6.45) is 14.5. The van der Waals surface area contributed by atoms with Crippen LogP contribution in [0.25, 0.3) is 11.2 Å². The molecule has 0 spiro atoms. The number of phosphoric acid groups is 1. The number of hydrogen-bond acceptors (Lipinski definition) is 13. The second-order valence-corrected chi connectivity index (χ2v) is 16.7. The summed E-state index contributed by atoms with van der Waals surface area (Å²) < 4.78 is 58.7. The van der Waals surface area contributed by atoms with E-state index in [0.29, 0.717) is 23.3 Å². The predicted octanol–water partition coefficient (Wildman–Crippen LogP) is 8.31. The quantitative estimate of drug-likeness (QED) is 0.0368. The van der Waals surface area contributed by atoms with Crippen LogP contribution in [0.5, 0.6) is 0 Å². The number of nitrogens with zero attached hydrogens (tertiary/aromatic N) is 5. The van der Waals surface area contributed by atoms with Crippen LogP contribution < -0.4 is 11.1 Å². The molecule has 6 atom stereocenters. The van der Waals surface area contributed by atoms with Crippen LogP contribution in [0.4, 0.5) is 16.2 Å². The van der Waals surface area contributed by atoms with Crippen LogP contribution in [0.15, 0.2) is 30.6 Å². The highest BCUT2D eigenvalue weighted by Gasteiger charge is 2.56. The number of halogens is 1. The van der Waals surface area contributed by atoms with Crippen LogP contribution in [-0.4, -0.2) is 87.0 Å². The van der Waals surface area contributed by atoms with Gasteiger partial charge < -0.3 is 35.3 Å². The zero-order valence-corrected chi connectivity index (χ0v) is 35.4. The fourth-order valence-electron chi connectivity index (χ4n) is 7.07. The van der Waals surface area contributed by atoms with Crippen molar-refractivity contribution >= 4 is 30.8 Å². The molecule has 0 saturated carbocycles. The maximum absolute atomic E-state index is 16.0. The number of benzene rings is 1. The van der Waals surface area contributed by atoms with Gasteiger partial charge in [0.1, 0.15) is 12.2 Å². The molecule has 1 aliphatic heterocycles. The highest BCUT2D eigenvalue weighted by molar-refractivity contribution is 7.47. The van der Waals surface area contributed by atoms with Gasteiger partial charge in [-0.2, -0.15) is 15.2 Å². The van der Waals surface area contributed by atoms with Gasteiger partial charge in [0.15, 0.2) is 28.9 Å². The molecule has 0 bridgehead atoms. The Balaban J connectivity index is 1.19. The van der Waals surface area contributed by atoms with Crippen molar-refractivity contribution in [3.63, 3.8) is 0 Å². The maximum Gasteiger partial charge on any atom is 0.472 e. The van der Waals surface area contributed by atoms with Crippen molar-refractivity contribution in [1.82, 2.24) is 19.5 Å². The number of nitrogens with two attached hydrogens (primary N) is 1. The lowest BCUT2D eigenvalue weighted by atomic mass is 9.98. The van der Waals surface area contributed by atoms with Gasteiger partial charge >= 0.3 is 7.82 Å². The molecule has 4 rings (SSSR count). The zero-order valence-electron chi connectivity index (χ0n) is 34.5. The van der Waals surface area contributed by atoms with Crippen LogP contribution in [0.3, 0.4) is 0 Å². The molecular weight excluding hydrogens is 768 g/mol. The summed E-state index contributed by atoms with van der Waals surface area (Å²) in [5.74, 6) is 0.249. The van der Waals surface area contributed by atoms with E-state index in [2.05, 4.69) is 33.3 Å². The Morgan fingerprint density at radius 2 is 1.69 bits per heavy atom. The lowest BCUT2D eigenvalue weighted by Crippen LogP contribution is -2.40. The number of phosphoric ester groups is 1. The molecule has 2 unspecified atom stereocenters. The predicted molar refractivity (Wildman–Crippen MR) is 221 cm³/mol. The third-order valence-corrected chi connectivity index (χ3v) is 11.4. The molecule has 15 nitrogen and oxygen atoms in total. The van der Waals surface area contributed by atoms with Gasteiger partial charge in [-0.25, -0.2) is 13.9 Å². The van der Waals surface area contributed by atoms with Gasteiger partial charge in [0.05, 0.1) is 43.9 Å². The second kappa shape index (κ2) is 24.7. The minimum absolute atomic E-state index is 0.0783. The summed E-state index contributed by atoms with van der Waals surface area (Å²) in [4.78, 5) is 23.1. The summed E-state index contributed by atoms with van der Waals surface area (Å²) in [6.45, 7) is 4.39. The van der Waals surface area contributed by atoms with Crippen molar-refractivity contribution in [3.05, 3.63) is 41.7 Å². The summed E-state index contributed by atoms with van der Waals surface area (Å²) in [5, 5.41) is 23.0. The number of rotatable bonds is 30. The number of fused-ring (bicyclic) bond motifs is 1. The van der Waals surface area contributed by atoms with Gasteiger partial charge in [0.25, 0.3) is 0 Å². The van der Waals surface area contributed by atoms with Crippen molar-refractivity contribution in [3.8, 4) is 6.07 Å². The van der Waals surface area contributed by atoms with Crippen LogP contribution >= 0.6 is 7.82 Å². The Bertz CT molecular complexity index is 1740. The fourth-order valence-corrected chi connectivity index (χ4v) is 7.84. The van der Waals surface area contributed by atoms with E-state index in [0.717, 1.165) is 64.2 Å². The minimum atomic E-state index is -4.70. The summed E-state index contributed by atoms with van der Waals surface area (Å²) in [7, 11) is -3.07. The van der Waals surface area contributed by atoms with E-state index >= 15 is 4.39 Å². The molecule has 1 saturated heterocycles. The molecule has 324 valence electrons. The van der Waals surface area contributed by atoms with Crippen molar-refractivity contribution in [2.24, 2.45) is 0 Å². The maximum atomic E-state index is 16.0. The number of nitrogens with one attached hydrogen (secondary N) is 1. The number of nitriles is 1. The van der Waals surface area contributed by atoms with E-state index in [9.17, 15) is 19.8 Å². The average molecular weight is 834 g/mol. The van der Waals surface area contributed by atoms with E-state index in [1.807, 2.05) is 6.07 Å². The summed E-state index contributed by atoms with van der Waals surface area (Å²) in [6, 6.07) is 9.16. The van der Waals surface area contributed by atoms with Crippen LogP contribution in [0, 0.1) is 11.3 Å². The SMILES string of the molecule is CCCCCCCCCOCCCCCCCCCC[C@H](COP(=O)(O)OC[C@H]1O[C@@H](n2cnc3c(NC)nc(N)nc32)[C@](C)(F)C1O)OCc1cccc(C#N)c1. The van der Waals surface area contributed by atoms with E-state index in [1.54, 1.807) is 25.2 Å². The number of aliphatic hydroxyl groups excluding tert-OH is 1. The Kier molecular flexibility index (Phi) is 20.2. The van der Waals surface area contributed by atoms with Crippen molar-refractivity contribution in [2.75, 3.05) is 44.5 Å². The Hall–Kier alpha value is -3.26. The smallest absolute Gasteiger partial charge is 0.387 e. The molecule has 17 heteroatoms. The lowest BCUT2D eigenvalue weighted by Gasteiger charge is -2.24. The van der Waals surface area contributed by atoms with E-state index < -0.39 is 44.6 Å². The van der Waals surface area contributed by atoms with E-state index in [1.165, 1.54) is 68.7 Å². The van der Waals surface area contributed by atoms with Gasteiger partial charge in [0, 0.05) is 20.3 Å². The zero-order chi connectivity index (χ0) is 41.8. The number of aromatic nitrogens is 4. The molecule has 58 heavy (non-hydrogen) atoms. The lowest BCUT2D eigenvalue weighted by molar-refractivity contribution is -0.0585. The second-order valence-electron chi connectivity index (χ2n) is 15.3. The molecular formula is C41H65FN7O8P. The highest BCUT2D eigenvalue weighted by Crippen LogP contribution is 2.47. The number of hydrogen-bond donors (Lipinski definition) is 4. The number of anilines is 2. The Morgan fingerprint density at radius 3 is 2.34 bits per heavy atom. The number of alkyl halides is 1. The first-order valence-corrected chi connectivity index (χ1v) is 22.5. The number of imidazole rings is 1. The molecule has 3 heterocycles. The van der Waals surface area contributed by atoms with Gasteiger partial charge in [-0.1, -0.05) is 103 Å². The summed E-state index contributed by atoms with van der Waals surface area (Å²) in [5.41, 5.74) is 5.25. The first-order valence-electron chi connectivity index (χ1n) is 21.0. The molecule has 3 aromatic rings. The third kappa shape index (κ3) is 15.1. The van der Waals surface area contributed by atoms with Crippen molar-refractivity contribution in [1.29, 1.82) is 5.26 Å². The molecule has 1 fully saturated rings. The number of ether oxygens (including phenoxy) is 3. The average Bonchev–Trinajstić information content (AvgIpc) is 3.72. The molecule has 2 aromatic heterocycles. The van der Waals surface area contributed by atoms with Gasteiger partial charge in [0.2, 0.25) is 5.95 Å². The first-order chi connectivity index (χ1) is 28.0. The molecule has 1 aromatic carbocycles. The first kappa shape index (κ1) is 47.4. The molecule has 5 N–H and O–H groups in total. The van der Waals surface area contributed by atoms with Gasteiger partial charge in [-0.3, -0.25) is 13.6 Å². The Morgan fingerprint density at radius 1 is 1.03 bits per heavy atom. The van der Waals surface area contributed by atoms with Gasteiger partial charge in [-0.15, -0.1) is 0 Å². The van der Waals surface area contributed by atoms with Gasteiger partial charge in [-0.05, 0) is 43.9 Å². The normalized spacial score (nSPS) is 20.9. The monoisotopic (exact) mass is 833 g/mol. The van der Waals surface area contributed by atoms with Crippen LogP contribution in [0.1, 0.15) is 134 Å². The number of nitrogen functional groups attached to an aromatic ring is 1. The largest absolute Gasteiger partial charge is 0.472 e. The van der Waals surface area contributed by atoms with Crippen LogP contribution in [0.2, 0.25) is 0 Å². The van der Waals surface area contributed by atoms with Crippen LogP contribution in [-0.2, 0) is 34.4 Å². The standard InChI is InChI=1S/C41H65FN7O8P/c1-4-5-6-7-11-14-17-23-53-24-18-15-12-9-8-10-13-16-22-33(54-27-32-21-19-20-31(25-32)26-43)28-55-58(51,52)56-29-34-36(50)41(2,42)39(57-34)49-30-46-35-37(45-3)47-40(44)48-38(35)49/h19-21,25,30,33-34,36,39,50H,4-18,22-24,27-29H2,1-3H3,(H,51,52)(H3,44,45,47,48)/t33-,34-,36?,39-,41-/m1/s1. The topological polar surface area (TPSA) is 209 Å². The van der Waals surface area contributed by atoms with E-state index in [4.69, 9.17) is 29.0 Å². The molecule has 0 amide bonds. The summed E-state index contributed by atoms with van der Waals surface area (Å²) >= 11 is 0. The number of aliphatic hydroxyl groups is 1. The number of unbranched alkanes of at least 4 members (excludes halogenated alkanes) is 13. The molecule has 0 radical (unpaired) electrons.